The summed E-state index contributed by atoms with van der Waals surface area (Å²) in [6.07, 6.45) is 7.47. The van der Waals surface area contributed by atoms with Gasteiger partial charge in [0.15, 0.2) is 5.82 Å². The first-order valence-corrected chi connectivity index (χ1v) is 9.75. The number of aromatic nitrogens is 5. The number of piperidine rings is 1. The fourth-order valence-electron chi connectivity index (χ4n) is 4.53. The second-order valence-electron chi connectivity index (χ2n) is 7.96. The Kier molecular flexibility index (Phi) is 3.86. The summed E-state index contributed by atoms with van der Waals surface area (Å²) in [4.78, 5) is 16.7. The van der Waals surface area contributed by atoms with Crippen molar-refractivity contribution >= 4 is 16.7 Å². The van der Waals surface area contributed by atoms with Gasteiger partial charge in [0, 0.05) is 37.4 Å². The molecule has 0 amide bonds. The van der Waals surface area contributed by atoms with E-state index in [2.05, 4.69) is 25.4 Å². The zero-order valence-electron chi connectivity index (χ0n) is 15.9. The minimum absolute atomic E-state index is 0.487. The lowest BCUT2D eigenvalue weighted by molar-refractivity contribution is 0.247. The third-order valence-electron chi connectivity index (χ3n) is 6.31. The molecule has 0 unspecified atom stereocenters. The topological polar surface area (TPSA) is 82.6 Å². The molecule has 3 aromatic heterocycles. The zero-order valence-corrected chi connectivity index (χ0v) is 15.9. The molecule has 2 saturated heterocycles. The van der Waals surface area contributed by atoms with Gasteiger partial charge in [0.25, 0.3) is 0 Å². The summed E-state index contributed by atoms with van der Waals surface area (Å²) in [5.74, 6) is 1.75. The molecule has 2 fully saturated rings. The van der Waals surface area contributed by atoms with Gasteiger partial charge in [-0.2, -0.15) is 5.10 Å². The first kappa shape index (κ1) is 16.6. The Bertz CT molecular complexity index is 977. The Balaban J connectivity index is 1.59. The number of hydrogen-bond acceptors (Lipinski definition) is 6. The second-order valence-corrected chi connectivity index (χ2v) is 7.96. The van der Waals surface area contributed by atoms with Crippen molar-refractivity contribution in [3.8, 4) is 11.4 Å². The Morgan fingerprint density at radius 1 is 1.07 bits per heavy atom. The lowest BCUT2D eigenvalue weighted by atomic mass is 9.78. The molecule has 0 saturated carbocycles. The zero-order chi connectivity index (χ0) is 18.4. The summed E-state index contributed by atoms with van der Waals surface area (Å²) in [7, 11) is 0. The highest BCUT2D eigenvalue weighted by Crippen LogP contribution is 2.39. The first-order chi connectivity index (χ1) is 13.2. The monoisotopic (exact) mass is 363 g/mol. The summed E-state index contributed by atoms with van der Waals surface area (Å²) < 4.78 is 0. The number of anilines is 1. The Hall–Kier alpha value is -2.54. The normalized spacial score (nSPS) is 19.3. The minimum atomic E-state index is 0.487. The maximum Gasteiger partial charge on any atom is 0.165 e. The lowest BCUT2D eigenvalue weighted by Gasteiger charge is -2.39. The summed E-state index contributed by atoms with van der Waals surface area (Å²) in [6.45, 7) is 8.39. The fraction of sp³-hybridized carbons (Fsp3) is 0.500. The van der Waals surface area contributed by atoms with Crippen LogP contribution in [0.1, 0.15) is 30.7 Å². The third kappa shape index (κ3) is 2.77. The van der Waals surface area contributed by atoms with Crippen LogP contribution in [0, 0.1) is 19.3 Å². The summed E-state index contributed by atoms with van der Waals surface area (Å²) in [5, 5.41) is 11.8. The number of nitrogens with zero attached hydrogens (tertiary/aromatic N) is 5. The van der Waals surface area contributed by atoms with E-state index in [0.717, 1.165) is 65.7 Å². The molecular weight excluding hydrogens is 338 g/mol. The van der Waals surface area contributed by atoms with Gasteiger partial charge in [0.1, 0.15) is 5.82 Å². The Labute approximate surface area is 158 Å². The molecule has 0 aromatic carbocycles. The highest BCUT2D eigenvalue weighted by molar-refractivity contribution is 5.92. The number of aromatic amines is 1. The van der Waals surface area contributed by atoms with Crippen LogP contribution < -0.4 is 10.2 Å². The summed E-state index contributed by atoms with van der Waals surface area (Å²) >= 11 is 0. The van der Waals surface area contributed by atoms with E-state index >= 15 is 0 Å². The van der Waals surface area contributed by atoms with E-state index in [9.17, 15) is 0 Å². The van der Waals surface area contributed by atoms with Crippen molar-refractivity contribution in [1.29, 1.82) is 0 Å². The SMILES string of the molecule is Cc1n[nH]cc1-c1nc(N2CCC3(CCNC3)CC2)c2ccnc(C)c2n1. The molecular formula is C20H25N7. The van der Waals surface area contributed by atoms with Crippen molar-refractivity contribution in [3.05, 3.63) is 29.8 Å². The molecule has 0 bridgehead atoms. The van der Waals surface area contributed by atoms with Crippen molar-refractivity contribution in [2.75, 3.05) is 31.1 Å². The standard InChI is InChI=1S/C20H25N7/c1-13-16(11-23-26-13)18-24-17-14(2)22-7-3-15(17)19(25-18)27-9-5-20(6-10-27)4-8-21-12-20/h3,7,11,21H,4-6,8-10,12H2,1-2H3,(H,23,26). The van der Waals surface area contributed by atoms with E-state index in [-0.39, 0.29) is 0 Å². The molecule has 5 rings (SSSR count). The molecule has 0 atom stereocenters. The number of nitrogens with one attached hydrogen (secondary N) is 2. The number of pyridine rings is 1. The summed E-state index contributed by atoms with van der Waals surface area (Å²) in [6, 6.07) is 2.05. The molecule has 5 heterocycles. The second kappa shape index (κ2) is 6.27. The molecule has 27 heavy (non-hydrogen) atoms. The van der Waals surface area contributed by atoms with Crippen LogP contribution in [-0.4, -0.2) is 51.3 Å². The van der Waals surface area contributed by atoms with E-state index in [1.54, 1.807) is 0 Å². The van der Waals surface area contributed by atoms with Crippen molar-refractivity contribution in [1.82, 2.24) is 30.5 Å². The van der Waals surface area contributed by atoms with Crippen molar-refractivity contribution < 1.29 is 0 Å². The largest absolute Gasteiger partial charge is 0.356 e. The minimum Gasteiger partial charge on any atom is -0.356 e. The van der Waals surface area contributed by atoms with Gasteiger partial charge in [-0.15, -0.1) is 0 Å². The van der Waals surface area contributed by atoms with Crippen LogP contribution in [0.15, 0.2) is 18.5 Å². The van der Waals surface area contributed by atoms with Gasteiger partial charge >= 0.3 is 0 Å². The maximum atomic E-state index is 5.00. The highest BCUT2D eigenvalue weighted by Gasteiger charge is 2.37. The van der Waals surface area contributed by atoms with Gasteiger partial charge in [-0.1, -0.05) is 0 Å². The van der Waals surface area contributed by atoms with E-state index < -0.39 is 0 Å². The molecule has 2 aliphatic heterocycles. The van der Waals surface area contributed by atoms with Gasteiger partial charge in [0.05, 0.1) is 22.5 Å². The highest BCUT2D eigenvalue weighted by atomic mass is 15.2. The number of hydrogen-bond donors (Lipinski definition) is 2. The van der Waals surface area contributed by atoms with Crippen LogP contribution in [0.25, 0.3) is 22.3 Å². The van der Waals surface area contributed by atoms with Gasteiger partial charge in [0.2, 0.25) is 0 Å². The Morgan fingerprint density at radius 3 is 2.63 bits per heavy atom. The van der Waals surface area contributed by atoms with Gasteiger partial charge in [-0.05, 0) is 51.1 Å². The van der Waals surface area contributed by atoms with E-state index in [0.29, 0.717) is 5.41 Å². The van der Waals surface area contributed by atoms with Crippen LogP contribution in [0.2, 0.25) is 0 Å². The quantitative estimate of drug-likeness (QED) is 0.728. The molecule has 2 N–H and O–H groups in total. The Morgan fingerprint density at radius 2 is 1.93 bits per heavy atom. The van der Waals surface area contributed by atoms with Gasteiger partial charge < -0.3 is 10.2 Å². The molecule has 2 aliphatic rings. The number of aryl methyl sites for hydroxylation is 2. The average Bonchev–Trinajstić information content (AvgIpc) is 3.32. The van der Waals surface area contributed by atoms with Crippen LogP contribution >= 0.6 is 0 Å². The predicted octanol–water partition coefficient (Wildman–Crippen LogP) is 2.61. The molecule has 0 radical (unpaired) electrons. The maximum absolute atomic E-state index is 5.00. The van der Waals surface area contributed by atoms with Crippen LogP contribution in [0.5, 0.6) is 0 Å². The lowest BCUT2D eigenvalue weighted by Crippen LogP contribution is -2.41. The molecule has 7 nitrogen and oxygen atoms in total. The number of H-pyrrole nitrogens is 1. The fourth-order valence-corrected chi connectivity index (χ4v) is 4.53. The summed E-state index contributed by atoms with van der Waals surface area (Å²) in [5.41, 5.74) is 4.22. The number of rotatable bonds is 2. The van der Waals surface area contributed by atoms with Crippen LogP contribution in [-0.2, 0) is 0 Å². The smallest absolute Gasteiger partial charge is 0.165 e. The third-order valence-corrected chi connectivity index (χ3v) is 6.31. The molecule has 7 heteroatoms. The van der Waals surface area contributed by atoms with Crippen LogP contribution in [0.4, 0.5) is 5.82 Å². The van der Waals surface area contributed by atoms with E-state index in [4.69, 9.17) is 9.97 Å². The average molecular weight is 363 g/mol. The molecule has 3 aromatic rings. The van der Waals surface area contributed by atoms with Crippen molar-refractivity contribution in [2.24, 2.45) is 5.41 Å². The van der Waals surface area contributed by atoms with Crippen LogP contribution in [0.3, 0.4) is 0 Å². The molecule has 140 valence electrons. The van der Waals surface area contributed by atoms with Gasteiger partial charge in [-0.25, -0.2) is 9.97 Å². The molecule has 0 aliphatic carbocycles. The van der Waals surface area contributed by atoms with Crippen molar-refractivity contribution in [2.45, 2.75) is 33.1 Å². The first-order valence-electron chi connectivity index (χ1n) is 9.75. The van der Waals surface area contributed by atoms with Crippen molar-refractivity contribution in [3.63, 3.8) is 0 Å². The van der Waals surface area contributed by atoms with E-state index in [1.165, 1.54) is 19.3 Å². The van der Waals surface area contributed by atoms with E-state index in [1.807, 2.05) is 32.3 Å². The van der Waals surface area contributed by atoms with Gasteiger partial charge in [-0.3, -0.25) is 10.1 Å². The molecule has 1 spiro atoms. The number of fused-ring (bicyclic) bond motifs is 1. The predicted molar refractivity (Wildman–Crippen MR) is 106 cm³/mol.